The third-order valence-corrected chi connectivity index (χ3v) is 6.84. The lowest BCUT2D eigenvalue weighted by molar-refractivity contribution is 0.356. The lowest BCUT2D eigenvalue weighted by Crippen LogP contribution is -1.97. The van der Waals surface area contributed by atoms with Crippen LogP contribution < -0.4 is 9.47 Å². The molecule has 0 N–H and O–H groups in total. The number of fused-ring (bicyclic) bond motifs is 1. The summed E-state index contributed by atoms with van der Waals surface area (Å²) in [5, 5.41) is 9.28. The normalized spacial score (nSPS) is 11.1. The minimum absolute atomic E-state index is 0.686. The molecule has 0 amide bonds. The Balaban J connectivity index is 1.39. The molecule has 5 rings (SSSR count). The van der Waals surface area contributed by atoms with E-state index in [1.165, 1.54) is 0 Å². The minimum Gasteiger partial charge on any atom is -0.493 e. The molecule has 0 saturated heterocycles. The van der Waals surface area contributed by atoms with Crippen LogP contribution in [0.3, 0.4) is 0 Å². The zero-order chi connectivity index (χ0) is 21.9. The number of ether oxygens (including phenoxy) is 2. The molecule has 0 aliphatic heterocycles. The van der Waals surface area contributed by atoms with Gasteiger partial charge in [-0.2, -0.15) is 5.10 Å². The van der Waals surface area contributed by atoms with Crippen molar-refractivity contribution >= 4 is 34.1 Å². The summed E-state index contributed by atoms with van der Waals surface area (Å²) >= 11 is 3.20. The first-order valence-corrected chi connectivity index (χ1v) is 11.7. The quantitative estimate of drug-likeness (QED) is 0.242. The molecule has 0 saturated carbocycles. The van der Waals surface area contributed by atoms with Gasteiger partial charge >= 0.3 is 0 Å². The fourth-order valence-electron chi connectivity index (χ4n) is 3.39. The molecule has 9 heteroatoms. The number of thioether (sulfide) groups is 1. The van der Waals surface area contributed by atoms with Gasteiger partial charge in [-0.1, -0.05) is 36.0 Å². The molecule has 3 aromatic heterocycles. The summed E-state index contributed by atoms with van der Waals surface area (Å²) < 4.78 is 12.8. The van der Waals surface area contributed by atoms with Crippen LogP contribution in [0.2, 0.25) is 0 Å². The average molecular weight is 462 g/mol. The van der Waals surface area contributed by atoms with Crippen molar-refractivity contribution < 1.29 is 9.47 Å². The van der Waals surface area contributed by atoms with Crippen LogP contribution in [0.25, 0.3) is 27.3 Å². The van der Waals surface area contributed by atoms with E-state index in [1.807, 2.05) is 59.4 Å². The fraction of sp³-hybridized carbons (Fsp3) is 0.130. The number of benzene rings is 2. The lowest BCUT2D eigenvalue weighted by atomic mass is 10.2. The molecule has 0 radical (unpaired) electrons. The molecule has 0 spiro atoms. The van der Waals surface area contributed by atoms with Crippen LogP contribution in [0, 0.1) is 0 Å². The monoisotopic (exact) mass is 461 g/mol. The largest absolute Gasteiger partial charge is 0.493 e. The minimum atomic E-state index is 0.686. The molecule has 0 atom stereocenters. The van der Waals surface area contributed by atoms with Crippen LogP contribution in [0.5, 0.6) is 11.5 Å². The highest BCUT2D eigenvalue weighted by Crippen LogP contribution is 2.39. The highest BCUT2D eigenvalue weighted by atomic mass is 32.2. The molecule has 32 heavy (non-hydrogen) atoms. The summed E-state index contributed by atoms with van der Waals surface area (Å²) in [5.74, 6) is 2.06. The van der Waals surface area contributed by atoms with Gasteiger partial charge in [-0.25, -0.2) is 19.6 Å². The Bertz CT molecular complexity index is 1370. The first kappa shape index (κ1) is 20.5. The fourth-order valence-corrected chi connectivity index (χ4v) is 5.19. The summed E-state index contributed by atoms with van der Waals surface area (Å²) in [6.45, 7) is 0. The molecular weight excluding hydrogens is 442 g/mol. The predicted molar refractivity (Wildman–Crippen MR) is 127 cm³/mol. The number of thiazole rings is 1. The highest BCUT2D eigenvalue weighted by molar-refractivity contribution is 7.98. The molecular formula is C23H19N5O2S2. The van der Waals surface area contributed by atoms with E-state index in [4.69, 9.17) is 14.5 Å². The smallest absolute Gasteiger partial charge is 0.170 e. The number of hydrogen-bond donors (Lipinski definition) is 0. The van der Waals surface area contributed by atoms with Crippen LogP contribution in [-0.2, 0) is 5.75 Å². The first-order valence-electron chi connectivity index (χ1n) is 9.81. The molecule has 3 heterocycles. The molecule has 0 unspecified atom stereocenters. The van der Waals surface area contributed by atoms with Gasteiger partial charge in [0.2, 0.25) is 0 Å². The first-order chi connectivity index (χ1) is 15.8. The highest BCUT2D eigenvalue weighted by Gasteiger charge is 2.16. The Labute approximate surface area is 193 Å². The van der Waals surface area contributed by atoms with Gasteiger partial charge in [-0.05, 0) is 24.3 Å². The zero-order valence-electron chi connectivity index (χ0n) is 17.4. The summed E-state index contributed by atoms with van der Waals surface area (Å²) in [6.07, 6.45) is 3.40. The molecule has 0 aliphatic carbocycles. The maximum absolute atomic E-state index is 5.56. The average Bonchev–Trinajstić information content (AvgIpc) is 3.50. The third kappa shape index (κ3) is 3.80. The Morgan fingerprint density at radius 1 is 1.00 bits per heavy atom. The van der Waals surface area contributed by atoms with E-state index in [0.717, 1.165) is 38.0 Å². The van der Waals surface area contributed by atoms with E-state index >= 15 is 0 Å². The summed E-state index contributed by atoms with van der Waals surface area (Å²) in [4.78, 5) is 13.7. The molecule has 7 nitrogen and oxygen atoms in total. The number of aromatic nitrogens is 5. The Morgan fingerprint density at radius 3 is 2.69 bits per heavy atom. The van der Waals surface area contributed by atoms with Gasteiger partial charge in [0, 0.05) is 11.1 Å². The van der Waals surface area contributed by atoms with Gasteiger partial charge in [0.25, 0.3) is 0 Å². The van der Waals surface area contributed by atoms with E-state index in [0.29, 0.717) is 17.3 Å². The summed E-state index contributed by atoms with van der Waals surface area (Å²) in [6, 6.07) is 15.8. The van der Waals surface area contributed by atoms with E-state index in [2.05, 4.69) is 20.4 Å². The van der Waals surface area contributed by atoms with Crippen molar-refractivity contribution in [3.63, 3.8) is 0 Å². The van der Waals surface area contributed by atoms with Crippen molar-refractivity contribution in [3.8, 4) is 27.8 Å². The SMILES string of the molecule is COc1cccc(-c2nc(CSc3ncnc4c3cnn4-c3ccccc3)cs2)c1OC. The zero-order valence-corrected chi connectivity index (χ0v) is 19.1. The maximum atomic E-state index is 5.56. The Kier molecular flexibility index (Phi) is 5.74. The van der Waals surface area contributed by atoms with Gasteiger partial charge in [0.05, 0.1) is 42.7 Å². The van der Waals surface area contributed by atoms with Crippen LogP contribution >= 0.6 is 23.1 Å². The van der Waals surface area contributed by atoms with E-state index in [-0.39, 0.29) is 0 Å². The van der Waals surface area contributed by atoms with Crippen molar-refractivity contribution in [2.24, 2.45) is 0 Å². The van der Waals surface area contributed by atoms with Gasteiger partial charge < -0.3 is 9.47 Å². The molecule has 160 valence electrons. The van der Waals surface area contributed by atoms with Crippen molar-refractivity contribution in [3.05, 3.63) is 72.1 Å². The molecule has 2 aromatic carbocycles. The Morgan fingerprint density at radius 2 is 1.88 bits per heavy atom. The summed E-state index contributed by atoms with van der Waals surface area (Å²) in [7, 11) is 3.27. The second kappa shape index (κ2) is 8.97. The maximum Gasteiger partial charge on any atom is 0.170 e. The number of nitrogens with zero attached hydrogens (tertiary/aromatic N) is 5. The number of hydrogen-bond acceptors (Lipinski definition) is 8. The van der Waals surface area contributed by atoms with Gasteiger partial charge in [-0.15, -0.1) is 11.3 Å². The topological polar surface area (TPSA) is 75.0 Å². The predicted octanol–water partition coefficient (Wildman–Crippen LogP) is 5.25. The standard InChI is InChI=1S/C23H19N5O2S2/c1-29-19-10-6-9-17(20(19)30-2)23-27-15(13-32-23)12-31-22-18-11-26-28(21(18)24-14-25-22)16-7-4-3-5-8-16/h3-11,13-14H,12H2,1-2H3. The van der Waals surface area contributed by atoms with Crippen LogP contribution in [0.15, 0.2) is 71.5 Å². The third-order valence-electron chi connectivity index (χ3n) is 4.87. The van der Waals surface area contributed by atoms with E-state index in [9.17, 15) is 0 Å². The van der Waals surface area contributed by atoms with E-state index in [1.54, 1.807) is 43.6 Å². The van der Waals surface area contributed by atoms with Crippen molar-refractivity contribution in [1.29, 1.82) is 0 Å². The van der Waals surface area contributed by atoms with Gasteiger partial charge in [-0.3, -0.25) is 0 Å². The second-order valence-electron chi connectivity index (χ2n) is 6.78. The van der Waals surface area contributed by atoms with Gasteiger partial charge in [0.1, 0.15) is 16.4 Å². The van der Waals surface area contributed by atoms with Crippen molar-refractivity contribution in [2.75, 3.05) is 14.2 Å². The van der Waals surface area contributed by atoms with Crippen LogP contribution in [0.1, 0.15) is 5.69 Å². The van der Waals surface area contributed by atoms with Crippen molar-refractivity contribution in [1.82, 2.24) is 24.7 Å². The number of para-hydroxylation sites is 2. The molecule has 0 aliphatic rings. The molecule has 5 aromatic rings. The Hall–Kier alpha value is -3.43. The van der Waals surface area contributed by atoms with Crippen LogP contribution in [0.4, 0.5) is 0 Å². The lowest BCUT2D eigenvalue weighted by Gasteiger charge is -2.10. The molecule has 0 bridgehead atoms. The van der Waals surface area contributed by atoms with Crippen LogP contribution in [-0.4, -0.2) is 39.0 Å². The second-order valence-corrected chi connectivity index (χ2v) is 8.60. The van der Waals surface area contributed by atoms with Gasteiger partial charge in [0.15, 0.2) is 17.1 Å². The van der Waals surface area contributed by atoms with E-state index < -0.39 is 0 Å². The van der Waals surface area contributed by atoms with Crippen molar-refractivity contribution in [2.45, 2.75) is 10.8 Å². The number of methoxy groups -OCH3 is 2. The number of rotatable bonds is 7. The molecule has 0 fully saturated rings. The summed E-state index contributed by atoms with van der Waals surface area (Å²) in [5.41, 5.74) is 3.64.